The van der Waals surface area contributed by atoms with Crippen molar-refractivity contribution in [1.29, 1.82) is 0 Å². The summed E-state index contributed by atoms with van der Waals surface area (Å²) in [4.78, 5) is 40.3. The molecule has 2 aromatic carbocycles. The second-order valence-corrected chi connectivity index (χ2v) is 18.7. The van der Waals surface area contributed by atoms with Gasteiger partial charge in [0, 0.05) is 44.8 Å². The molecule has 67 heavy (non-hydrogen) atoms. The lowest BCUT2D eigenvalue weighted by Crippen LogP contribution is -2.63. The van der Waals surface area contributed by atoms with Crippen molar-refractivity contribution in [3.8, 4) is 5.75 Å². The molecule has 4 aliphatic heterocycles. The van der Waals surface area contributed by atoms with E-state index in [1.807, 2.05) is 80.6 Å². The number of hydrogen-bond acceptors (Lipinski definition) is 14. The molecule has 0 amide bonds. The zero-order valence-electron chi connectivity index (χ0n) is 40.2. The van der Waals surface area contributed by atoms with E-state index >= 15 is 0 Å². The Labute approximate surface area is 395 Å². The van der Waals surface area contributed by atoms with Crippen molar-refractivity contribution in [2.45, 2.75) is 159 Å². The zero-order chi connectivity index (χ0) is 48.1. The van der Waals surface area contributed by atoms with Gasteiger partial charge in [-0.15, -0.1) is 0 Å². The maximum Gasteiger partial charge on any atom is 0.330 e. The van der Waals surface area contributed by atoms with Crippen LogP contribution < -0.4 is 4.74 Å². The summed E-state index contributed by atoms with van der Waals surface area (Å²) in [6.45, 7) is 16.1. The average molecular weight is 931 g/mol. The lowest BCUT2D eigenvalue weighted by molar-refractivity contribution is -0.338. The molecule has 6 rings (SSSR count). The van der Waals surface area contributed by atoms with Crippen LogP contribution in [-0.4, -0.2) is 107 Å². The SMILES string of the molecule is C=C1C[C@@H]2C[C@@H]3CC(=C)C[C@H](/C=C\C(C)(C)[C@]4(OC)O[C@@H](C/C(=C\C(=O)OC)[C@@H]4OC(C)=O)C[C@H]([C@@H](C)OCOCc4ccccc4)OC(=O)C[C@H](OCc4ccc(OC)cc4)C[C@H](C1)O2)O3. The molecule has 6 bridgehead atoms. The smallest absolute Gasteiger partial charge is 0.330 e. The lowest BCUT2D eigenvalue weighted by atomic mass is 9.73. The van der Waals surface area contributed by atoms with E-state index in [1.165, 1.54) is 27.2 Å². The first-order valence-corrected chi connectivity index (χ1v) is 23.3. The van der Waals surface area contributed by atoms with Crippen LogP contribution in [0.2, 0.25) is 0 Å². The van der Waals surface area contributed by atoms with Gasteiger partial charge in [-0.3, -0.25) is 9.59 Å². The number of fused-ring (bicyclic) bond motifs is 6. The molecule has 0 spiro atoms. The third-order valence-electron chi connectivity index (χ3n) is 12.9. The highest BCUT2D eigenvalue weighted by atomic mass is 16.7. The molecule has 4 heterocycles. The fourth-order valence-electron chi connectivity index (χ4n) is 9.52. The molecule has 0 unspecified atom stereocenters. The number of benzene rings is 2. The summed E-state index contributed by atoms with van der Waals surface area (Å²) in [6.07, 6.45) is 3.76. The van der Waals surface area contributed by atoms with Gasteiger partial charge in [-0.05, 0) is 67.9 Å². The summed E-state index contributed by atoms with van der Waals surface area (Å²) < 4.78 is 68.5. The van der Waals surface area contributed by atoms with Gasteiger partial charge >= 0.3 is 17.9 Å². The first-order valence-electron chi connectivity index (χ1n) is 23.3. The summed E-state index contributed by atoms with van der Waals surface area (Å²) in [6, 6.07) is 17.3. The van der Waals surface area contributed by atoms with Gasteiger partial charge in [0.2, 0.25) is 5.79 Å². The van der Waals surface area contributed by atoms with E-state index in [9.17, 15) is 14.4 Å². The Balaban J connectivity index is 1.38. The van der Waals surface area contributed by atoms with E-state index in [-0.39, 0.29) is 57.1 Å². The molecule has 4 aliphatic rings. The molecular weight excluding hydrogens is 861 g/mol. The first-order chi connectivity index (χ1) is 32.1. The number of esters is 3. The van der Waals surface area contributed by atoms with E-state index in [0.717, 1.165) is 28.0 Å². The standard InChI is InChI=1S/C53H70O14/c1-34-21-42-19-20-52(5,6)53(59-9)51(63-37(4)54)40(26-49(55)58-8)25-47(67-53)29-48(36(3)62-33-60-31-38-13-11-10-12-14-38)66-50(56)30-43(61-32-39-15-17-41(57-7)18-16-39)27-44-23-35(2)24-46(65-44)28-45(22-34)64-42/h10-20,26,36,42-48,51H,1-2,21-25,27-33H2,3-9H3/b20-19-,40-26+/t36-,42+,43-,44+,45+,46-,47+,48-,51+,53-/m1/s1. The molecule has 10 atom stereocenters. The fraction of sp³-hybridized carbons (Fsp3) is 0.566. The highest BCUT2D eigenvalue weighted by molar-refractivity contribution is 5.83. The largest absolute Gasteiger partial charge is 0.497 e. The molecule has 0 N–H and O–H groups in total. The fourth-order valence-corrected chi connectivity index (χ4v) is 9.52. The van der Waals surface area contributed by atoms with Gasteiger partial charge in [0.25, 0.3) is 0 Å². The van der Waals surface area contributed by atoms with Crippen molar-refractivity contribution in [3.05, 3.63) is 114 Å². The molecule has 14 nitrogen and oxygen atoms in total. The molecular formula is C53H70O14. The van der Waals surface area contributed by atoms with Crippen LogP contribution in [0.5, 0.6) is 5.75 Å². The van der Waals surface area contributed by atoms with Crippen molar-refractivity contribution in [2.24, 2.45) is 5.41 Å². The molecule has 0 radical (unpaired) electrons. The summed E-state index contributed by atoms with van der Waals surface area (Å²) in [7, 11) is 4.36. The molecule has 3 saturated heterocycles. The van der Waals surface area contributed by atoms with Crippen LogP contribution >= 0.6 is 0 Å². The molecule has 2 aromatic rings. The minimum Gasteiger partial charge on any atom is -0.497 e. The minimum atomic E-state index is -1.72. The zero-order valence-corrected chi connectivity index (χ0v) is 40.2. The maximum absolute atomic E-state index is 14.4. The van der Waals surface area contributed by atoms with Gasteiger partial charge in [0.15, 0.2) is 6.10 Å². The van der Waals surface area contributed by atoms with Crippen molar-refractivity contribution in [2.75, 3.05) is 28.1 Å². The highest BCUT2D eigenvalue weighted by Gasteiger charge is 2.59. The number of carbonyl (C=O) groups is 3. The van der Waals surface area contributed by atoms with E-state index in [4.69, 9.17) is 52.1 Å². The Morgan fingerprint density at radius 2 is 1.49 bits per heavy atom. The van der Waals surface area contributed by atoms with Gasteiger partial charge < -0.3 is 52.1 Å². The molecule has 14 heteroatoms. The van der Waals surface area contributed by atoms with Gasteiger partial charge in [0.05, 0.1) is 76.6 Å². The topological polar surface area (TPSA) is 153 Å². The third-order valence-corrected chi connectivity index (χ3v) is 12.9. The van der Waals surface area contributed by atoms with Crippen LogP contribution in [0.4, 0.5) is 0 Å². The monoisotopic (exact) mass is 930 g/mol. The predicted octanol–water partition coefficient (Wildman–Crippen LogP) is 8.60. The first kappa shape index (κ1) is 51.7. The minimum absolute atomic E-state index is 0.0830. The quantitative estimate of drug-likeness (QED) is 0.0471. The summed E-state index contributed by atoms with van der Waals surface area (Å²) >= 11 is 0. The Bertz CT molecular complexity index is 2040. The van der Waals surface area contributed by atoms with Crippen LogP contribution in [0, 0.1) is 5.41 Å². The van der Waals surface area contributed by atoms with E-state index < -0.39 is 59.6 Å². The third kappa shape index (κ3) is 14.4. The van der Waals surface area contributed by atoms with Crippen LogP contribution in [-0.2, 0) is 75.0 Å². The molecule has 0 saturated carbocycles. The Hall–Kier alpha value is -4.67. The Morgan fingerprint density at radius 1 is 0.821 bits per heavy atom. The average Bonchev–Trinajstić information content (AvgIpc) is 3.29. The maximum atomic E-state index is 14.4. The highest BCUT2D eigenvalue weighted by Crippen LogP contribution is 2.49. The van der Waals surface area contributed by atoms with E-state index in [0.29, 0.717) is 50.7 Å². The van der Waals surface area contributed by atoms with Gasteiger partial charge in [-0.25, -0.2) is 4.79 Å². The molecule has 3 fully saturated rings. The van der Waals surface area contributed by atoms with Crippen molar-refractivity contribution >= 4 is 17.9 Å². The molecule has 0 aromatic heterocycles. The summed E-state index contributed by atoms with van der Waals surface area (Å²) in [5, 5.41) is 0. The van der Waals surface area contributed by atoms with Crippen molar-refractivity contribution < 1.29 is 66.5 Å². The van der Waals surface area contributed by atoms with Gasteiger partial charge in [-0.2, -0.15) is 0 Å². The van der Waals surface area contributed by atoms with Gasteiger partial charge in [0.1, 0.15) is 18.6 Å². The van der Waals surface area contributed by atoms with Crippen LogP contribution in [0.25, 0.3) is 0 Å². The number of cyclic esters (lactones) is 1. The van der Waals surface area contributed by atoms with Crippen LogP contribution in [0.15, 0.2) is 103 Å². The van der Waals surface area contributed by atoms with E-state index in [1.54, 1.807) is 14.0 Å². The number of rotatable bonds is 13. The van der Waals surface area contributed by atoms with E-state index in [2.05, 4.69) is 13.2 Å². The van der Waals surface area contributed by atoms with Crippen molar-refractivity contribution in [3.63, 3.8) is 0 Å². The van der Waals surface area contributed by atoms with Crippen molar-refractivity contribution in [1.82, 2.24) is 0 Å². The van der Waals surface area contributed by atoms with Crippen LogP contribution in [0.1, 0.15) is 96.6 Å². The Kier molecular flexibility index (Phi) is 18.6. The predicted molar refractivity (Wildman–Crippen MR) is 248 cm³/mol. The number of hydrogen-bond donors (Lipinski definition) is 0. The second-order valence-electron chi connectivity index (χ2n) is 18.7. The van der Waals surface area contributed by atoms with Gasteiger partial charge in [-0.1, -0.05) is 92.8 Å². The normalized spacial score (nSPS) is 30.9. The summed E-state index contributed by atoms with van der Waals surface area (Å²) in [5.41, 5.74) is 3.33. The van der Waals surface area contributed by atoms with Crippen LogP contribution in [0.3, 0.4) is 0 Å². The molecule has 366 valence electrons. The number of ether oxygens (including phenoxy) is 11. The number of carbonyl (C=O) groups excluding carboxylic acids is 3. The molecule has 0 aliphatic carbocycles. The lowest BCUT2D eigenvalue weighted by Gasteiger charge is -2.53. The Morgan fingerprint density at radius 3 is 2.16 bits per heavy atom. The summed E-state index contributed by atoms with van der Waals surface area (Å²) in [5.74, 6) is -2.78. The second kappa shape index (κ2) is 24.1. The number of methoxy groups -OCH3 is 3.